The highest BCUT2D eigenvalue weighted by molar-refractivity contribution is 7.14. The molecule has 34 heavy (non-hydrogen) atoms. The fourth-order valence-corrected chi connectivity index (χ4v) is 3.22. The second-order valence-corrected chi connectivity index (χ2v) is 9.99. The van der Waals surface area contributed by atoms with Gasteiger partial charge >= 0.3 is 0 Å². The molecule has 2 aromatic heterocycles. The van der Waals surface area contributed by atoms with Crippen LogP contribution in [0.5, 0.6) is 0 Å². The third-order valence-corrected chi connectivity index (χ3v) is 5.30. The Morgan fingerprint density at radius 3 is 2.26 bits per heavy atom. The molecule has 3 heterocycles. The number of amides is 1. The number of carbonyl (C=O) groups is 2. The molecule has 1 aliphatic rings. The number of thiophene rings is 1. The normalized spacial score (nSPS) is 17.3. The number of carbonyl (C=O) groups excluding carboxylic acids is 2. The summed E-state index contributed by atoms with van der Waals surface area (Å²) in [4.78, 5) is 23.4. The summed E-state index contributed by atoms with van der Waals surface area (Å²) >= 11 is 7.02. The molecule has 0 spiro atoms. The first-order valence-corrected chi connectivity index (χ1v) is 12.2. The Labute approximate surface area is 210 Å². The summed E-state index contributed by atoms with van der Waals surface area (Å²) in [7, 11) is 1.97. The zero-order chi connectivity index (χ0) is 25.7. The number of aldehydes is 1. The Hall–Kier alpha value is -2.55. The van der Waals surface area contributed by atoms with Crippen molar-refractivity contribution < 1.29 is 18.5 Å². The summed E-state index contributed by atoms with van der Waals surface area (Å²) in [6.07, 6.45) is 0.594. The predicted octanol–water partition coefficient (Wildman–Crippen LogP) is 6.18. The average molecular weight is 510 g/mol. The van der Waals surface area contributed by atoms with Gasteiger partial charge in [-0.25, -0.2) is 4.39 Å². The van der Waals surface area contributed by atoms with Gasteiger partial charge in [0, 0.05) is 24.2 Å². The highest BCUT2D eigenvalue weighted by Gasteiger charge is 2.25. The van der Waals surface area contributed by atoms with Gasteiger partial charge in [0.25, 0.3) is 0 Å². The van der Waals surface area contributed by atoms with Crippen LogP contribution in [0, 0.1) is 11.7 Å². The molecule has 2 atom stereocenters. The van der Waals surface area contributed by atoms with Gasteiger partial charge in [-0.05, 0) is 68.6 Å². The van der Waals surface area contributed by atoms with E-state index < -0.39 is 0 Å². The van der Waals surface area contributed by atoms with Crippen LogP contribution >= 0.6 is 22.9 Å². The summed E-state index contributed by atoms with van der Waals surface area (Å²) in [6, 6.07) is 11.4. The van der Waals surface area contributed by atoms with Crippen LogP contribution in [0.25, 0.3) is 11.3 Å². The monoisotopic (exact) mass is 509 g/mol. The number of nitrogens with zero attached hydrogens (tertiary/aromatic N) is 2. The van der Waals surface area contributed by atoms with Crippen LogP contribution in [0.3, 0.4) is 0 Å². The molecule has 6 nitrogen and oxygen atoms in total. The van der Waals surface area contributed by atoms with E-state index in [-0.39, 0.29) is 23.5 Å². The van der Waals surface area contributed by atoms with Crippen molar-refractivity contribution in [3.05, 3.63) is 63.7 Å². The van der Waals surface area contributed by atoms with Crippen LogP contribution in [0.1, 0.15) is 45.1 Å². The van der Waals surface area contributed by atoms with Gasteiger partial charge in [0.2, 0.25) is 5.91 Å². The lowest BCUT2D eigenvalue weighted by Crippen LogP contribution is -2.56. The number of benzene rings is 1. The highest BCUT2D eigenvalue weighted by Crippen LogP contribution is 2.19. The zero-order valence-corrected chi connectivity index (χ0v) is 22.0. The van der Waals surface area contributed by atoms with Crippen molar-refractivity contribution in [1.29, 1.82) is 0 Å². The van der Waals surface area contributed by atoms with Crippen molar-refractivity contribution >= 4 is 35.1 Å². The molecule has 0 radical (unpaired) electrons. The van der Waals surface area contributed by atoms with E-state index >= 15 is 0 Å². The minimum absolute atomic E-state index is 0.0381. The molecule has 0 bridgehead atoms. The third kappa shape index (κ3) is 11.5. The quantitative estimate of drug-likeness (QED) is 0.417. The van der Waals surface area contributed by atoms with Crippen molar-refractivity contribution in [2.75, 3.05) is 13.6 Å². The first-order valence-electron chi connectivity index (χ1n) is 10.9. The summed E-state index contributed by atoms with van der Waals surface area (Å²) in [5, 5.41) is 8.32. The van der Waals surface area contributed by atoms with Gasteiger partial charge in [-0.3, -0.25) is 14.5 Å². The number of hydrogen-bond donors (Lipinski definition) is 1. The minimum atomic E-state index is -0.316. The predicted molar refractivity (Wildman–Crippen MR) is 137 cm³/mol. The number of rotatable bonds is 2. The number of halogens is 2. The van der Waals surface area contributed by atoms with Crippen LogP contribution in [0.2, 0.25) is 4.34 Å². The second kappa shape index (κ2) is 15.4. The zero-order valence-electron chi connectivity index (χ0n) is 20.4. The summed E-state index contributed by atoms with van der Waals surface area (Å²) in [6.45, 7) is 11.4. The number of likely N-dealkylation sites (N-methyl/N-ethyl adjacent to an activating group) is 1. The van der Waals surface area contributed by atoms with Crippen LogP contribution < -0.4 is 5.32 Å². The number of hydrogen-bond acceptors (Lipinski definition) is 6. The molecule has 2 unspecified atom stereocenters. The van der Waals surface area contributed by atoms with Crippen molar-refractivity contribution in [1.82, 2.24) is 15.4 Å². The standard InChI is InChI=1S/C10H6FNO2.C7H14N2O.C4H3ClS.C4H10/c11-8-3-1-7(2-4-8)10-5-9(6-13)12-14-10;1-5-4-9(3)6(2)7(10)8-5;5-4-2-1-3-6-4;1-4(2)3/h1-6H;5-6H,4H2,1-3H3,(H,8,10);1-3H;4H,1-3H3. The second-order valence-electron chi connectivity index (χ2n) is 8.42. The smallest absolute Gasteiger partial charge is 0.237 e. The molecule has 0 saturated carbocycles. The van der Waals surface area contributed by atoms with Crippen LogP contribution in [0.15, 0.2) is 52.4 Å². The lowest BCUT2D eigenvalue weighted by molar-refractivity contribution is -0.128. The Kier molecular flexibility index (Phi) is 13.3. The molecule has 1 saturated heterocycles. The van der Waals surface area contributed by atoms with E-state index in [4.69, 9.17) is 16.1 Å². The minimum Gasteiger partial charge on any atom is -0.356 e. The Morgan fingerprint density at radius 2 is 1.85 bits per heavy atom. The number of nitrogens with one attached hydrogen (secondary N) is 1. The van der Waals surface area contributed by atoms with Crippen molar-refractivity contribution in [2.24, 2.45) is 5.92 Å². The first-order chi connectivity index (χ1) is 16.0. The maximum atomic E-state index is 12.6. The van der Waals surface area contributed by atoms with Gasteiger partial charge in [0.15, 0.2) is 12.0 Å². The summed E-state index contributed by atoms with van der Waals surface area (Å²) in [5.74, 6) is 1.11. The van der Waals surface area contributed by atoms with E-state index in [2.05, 4.69) is 36.1 Å². The van der Waals surface area contributed by atoms with E-state index in [1.807, 2.05) is 38.4 Å². The van der Waals surface area contributed by atoms with Crippen molar-refractivity contribution in [2.45, 2.75) is 46.7 Å². The molecule has 4 rings (SSSR count). The molecular weight excluding hydrogens is 477 g/mol. The molecule has 9 heteroatoms. The van der Waals surface area contributed by atoms with Gasteiger partial charge < -0.3 is 9.84 Å². The van der Waals surface area contributed by atoms with Gasteiger partial charge in [-0.1, -0.05) is 37.5 Å². The fourth-order valence-electron chi connectivity index (χ4n) is 2.55. The van der Waals surface area contributed by atoms with Crippen molar-refractivity contribution in [3.8, 4) is 11.3 Å². The first kappa shape index (κ1) is 29.5. The molecule has 1 aliphatic heterocycles. The molecule has 1 N–H and O–H groups in total. The lowest BCUT2D eigenvalue weighted by atomic mass is 10.1. The van der Waals surface area contributed by atoms with E-state index in [1.165, 1.54) is 18.2 Å². The van der Waals surface area contributed by atoms with Gasteiger partial charge in [-0.2, -0.15) is 0 Å². The third-order valence-electron chi connectivity index (χ3n) is 4.26. The van der Waals surface area contributed by atoms with Gasteiger partial charge in [0.1, 0.15) is 11.5 Å². The van der Waals surface area contributed by atoms with Crippen LogP contribution in [-0.4, -0.2) is 47.9 Å². The maximum absolute atomic E-state index is 12.6. The molecule has 1 amide bonds. The topological polar surface area (TPSA) is 75.4 Å². The van der Waals surface area contributed by atoms with Crippen LogP contribution in [0.4, 0.5) is 4.39 Å². The fraction of sp³-hybridized carbons (Fsp3) is 0.400. The van der Waals surface area contributed by atoms with Crippen LogP contribution in [-0.2, 0) is 4.79 Å². The number of piperazine rings is 1. The average Bonchev–Trinajstić information content (AvgIpc) is 3.44. The van der Waals surface area contributed by atoms with E-state index in [1.54, 1.807) is 23.5 Å². The Balaban J connectivity index is 0.000000252. The molecule has 1 fully saturated rings. The highest BCUT2D eigenvalue weighted by atomic mass is 35.5. The molecule has 1 aromatic carbocycles. The molecule has 3 aromatic rings. The van der Waals surface area contributed by atoms with E-state index in [0.29, 0.717) is 23.7 Å². The molecule has 0 aliphatic carbocycles. The SMILES string of the molecule is CC(C)C.CC1CN(C)C(C)C(=O)N1.Clc1cccs1.O=Cc1cc(-c2ccc(F)cc2)on1. The summed E-state index contributed by atoms with van der Waals surface area (Å²) < 4.78 is 18.3. The maximum Gasteiger partial charge on any atom is 0.237 e. The number of aromatic nitrogens is 1. The largest absolute Gasteiger partial charge is 0.356 e. The Morgan fingerprint density at radius 1 is 1.24 bits per heavy atom. The Bertz CT molecular complexity index is 975. The molecular formula is C25H33ClFN3O3S. The lowest BCUT2D eigenvalue weighted by Gasteiger charge is -2.33. The van der Waals surface area contributed by atoms with Crippen molar-refractivity contribution in [3.63, 3.8) is 0 Å². The van der Waals surface area contributed by atoms with E-state index in [0.717, 1.165) is 16.8 Å². The van der Waals surface area contributed by atoms with Gasteiger partial charge in [-0.15, -0.1) is 11.3 Å². The van der Waals surface area contributed by atoms with E-state index in [9.17, 15) is 14.0 Å². The van der Waals surface area contributed by atoms with Gasteiger partial charge in [0.05, 0.1) is 10.4 Å². The molecule has 186 valence electrons. The summed E-state index contributed by atoms with van der Waals surface area (Å²) in [5.41, 5.74) is 0.913.